The summed E-state index contributed by atoms with van der Waals surface area (Å²) in [6.45, 7) is 6.86. The summed E-state index contributed by atoms with van der Waals surface area (Å²) >= 11 is 0. The summed E-state index contributed by atoms with van der Waals surface area (Å²) in [6, 6.07) is 0. The van der Waals surface area contributed by atoms with Crippen LogP contribution in [-0.2, 0) is 9.47 Å². The monoisotopic (exact) mass is 143 g/mol. The smallest absolute Gasteiger partial charge is 0.0856 e. The predicted octanol–water partition coefficient (Wildman–Crippen LogP) is 1.75. The van der Waals surface area contributed by atoms with Gasteiger partial charge in [0, 0.05) is 6.61 Å². The van der Waals surface area contributed by atoms with Crippen molar-refractivity contribution < 1.29 is 9.47 Å². The van der Waals surface area contributed by atoms with Gasteiger partial charge in [0.15, 0.2) is 0 Å². The van der Waals surface area contributed by atoms with E-state index in [9.17, 15) is 0 Å². The predicted molar refractivity (Wildman–Crippen MR) is 39.5 cm³/mol. The van der Waals surface area contributed by atoms with Crippen molar-refractivity contribution in [3.8, 4) is 0 Å². The first-order chi connectivity index (χ1) is 4.84. The second kappa shape index (κ2) is 3.94. The van der Waals surface area contributed by atoms with Crippen LogP contribution >= 0.6 is 0 Å². The minimum Gasteiger partial charge on any atom is -0.375 e. The van der Waals surface area contributed by atoms with Crippen LogP contribution in [0.5, 0.6) is 0 Å². The SMILES string of the molecule is CC[CH]OC(C)C1CCO1. The molecule has 0 N–H and O–H groups in total. The molecule has 0 aliphatic carbocycles. The highest BCUT2D eigenvalue weighted by Gasteiger charge is 2.24. The van der Waals surface area contributed by atoms with E-state index in [2.05, 4.69) is 13.8 Å². The van der Waals surface area contributed by atoms with Crippen LogP contribution in [0.25, 0.3) is 0 Å². The van der Waals surface area contributed by atoms with E-state index in [0.29, 0.717) is 6.10 Å². The lowest BCUT2D eigenvalue weighted by molar-refractivity contribution is -0.120. The van der Waals surface area contributed by atoms with Gasteiger partial charge in [0.1, 0.15) is 0 Å². The van der Waals surface area contributed by atoms with Gasteiger partial charge in [-0.1, -0.05) is 6.92 Å². The zero-order valence-corrected chi connectivity index (χ0v) is 6.67. The molecule has 0 amide bonds. The summed E-state index contributed by atoms with van der Waals surface area (Å²) in [6.07, 6.45) is 2.71. The first-order valence-corrected chi connectivity index (χ1v) is 3.93. The third-order valence-corrected chi connectivity index (χ3v) is 1.74. The summed E-state index contributed by atoms with van der Waals surface area (Å²) in [5.74, 6) is 0. The number of rotatable bonds is 4. The average Bonchev–Trinajstić information content (AvgIpc) is 1.79. The van der Waals surface area contributed by atoms with Crippen LogP contribution in [0.3, 0.4) is 0 Å². The normalized spacial score (nSPS) is 27.6. The van der Waals surface area contributed by atoms with Crippen molar-refractivity contribution in [3.05, 3.63) is 6.61 Å². The second-order valence-electron chi connectivity index (χ2n) is 2.61. The van der Waals surface area contributed by atoms with E-state index in [1.54, 1.807) is 0 Å². The maximum absolute atomic E-state index is 5.35. The minimum atomic E-state index is 0.244. The Balaban J connectivity index is 2.02. The minimum absolute atomic E-state index is 0.244. The molecule has 0 aromatic carbocycles. The maximum atomic E-state index is 5.35. The molecule has 1 aliphatic rings. The zero-order valence-electron chi connectivity index (χ0n) is 6.67. The molecule has 2 heteroatoms. The van der Waals surface area contributed by atoms with E-state index >= 15 is 0 Å². The quantitative estimate of drug-likeness (QED) is 0.597. The van der Waals surface area contributed by atoms with Gasteiger partial charge in [-0.25, -0.2) is 0 Å². The topological polar surface area (TPSA) is 18.5 Å². The van der Waals surface area contributed by atoms with E-state index in [0.717, 1.165) is 19.4 Å². The summed E-state index contributed by atoms with van der Waals surface area (Å²) in [7, 11) is 0. The number of hydrogen-bond donors (Lipinski definition) is 0. The van der Waals surface area contributed by atoms with Crippen LogP contribution in [0, 0.1) is 6.61 Å². The van der Waals surface area contributed by atoms with Crippen molar-refractivity contribution in [2.75, 3.05) is 6.61 Å². The molecule has 1 saturated heterocycles. The molecule has 2 nitrogen and oxygen atoms in total. The van der Waals surface area contributed by atoms with E-state index in [4.69, 9.17) is 9.47 Å². The van der Waals surface area contributed by atoms with Gasteiger partial charge in [-0.3, -0.25) is 0 Å². The molecule has 2 atom stereocenters. The Morgan fingerprint density at radius 3 is 2.90 bits per heavy atom. The molecule has 1 aliphatic heterocycles. The second-order valence-corrected chi connectivity index (χ2v) is 2.61. The third kappa shape index (κ3) is 1.96. The largest absolute Gasteiger partial charge is 0.375 e. The Morgan fingerprint density at radius 2 is 2.50 bits per heavy atom. The van der Waals surface area contributed by atoms with Gasteiger partial charge >= 0.3 is 0 Å². The Kier molecular flexibility index (Phi) is 3.16. The summed E-state index contributed by atoms with van der Waals surface area (Å²) in [4.78, 5) is 0. The van der Waals surface area contributed by atoms with Crippen molar-refractivity contribution in [1.29, 1.82) is 0 Å². The summed E-state index contributed by atoms with van der Waals surface area (Å²) in [5.41, 5.74) is 0. The van der Waals surface area contributed by atoms with Crippen LogP contribution in [0.4, 0.5) is 0 Å². The van der Waals surface area contributed by atoms with Gasteiger partial charge in [0.2, 0.25) is 0 Å². The number of hydrogen-bond acceptors (Lipinski definition) is 2. The van der Waals surface area contributed by atoms with Gasteiger partial charge in [-0.2, -0.15) is 0 Å². The highest BCUT2D eigenvalue weighted by atomic mass is 16.6. The molecule has 10 heavy (non-hydrogen) atoms. The molecular weight excluding hydrogens is 128 g/mol. The lowest BCUT2D eigenvalue weighted by atomic mass is 10.1. The van der Waals surface area contributed by atoms with Crippen LogP contribution in [0.1, 0.15) is 26.7 Å². The first kappa shape index (κ1) is 8.02. The number of ether oxygens (including phenoxy) is 2. The highest BCUT2D eigenvalue weighted by molar-refractivity contribution is 4.74. The van der Waals surface area contributed by atoms with E-state index in [-0.39, 0.29) is 6.10 Å². The Labute approximate surface area is 62.5 Å². The van der Waals surface area contributed by atoms with Gasteiger partial charge in [0.25, 0.3) is 0 Å². The van der Waals surface area contributed by atoms with Crippen molar-refractivity contribution in [3.63, 3.8) is 0 Å². The van der Waals surface area contributed by atoms with E-state index in [1.807, 2.05) is 6.61 Å². The summed E-state index contributed by atoms with van der Waals surface area (Å²) < 4.78 is 10.6. The molecule has 2 unspecified atom stereocenters. The van der Waals surface area contributed by atoms with Gasteiger partial charge in [0.05, 0.1) is 18.8 Å². The molecule has 1 heterocycles. The molecule has 0 bridgehead atoms. The Hall–Kier alpha value is -0.0800. The summed E-state index contributed by atoms with van der Waals surface area (Å²) in [5, 5.41) is 0. The van der Waals surface area contributed by atoms with Gasteiger partial charge in [-0.15, -0.1) is 0 Å². The van der Waals surface area contributed by atoms with Crippen molar-refractivity contribution in [2.24, 2.45) is 0 Å². The van der Waals surface area contributed by atoms with Crippen LogP contribution < -0.4 is 0 Å². The van der Waals surface area contributed by atoms with Crippen LogP contribution in [0.2, 0.25) is 0 Å². The molecule has 1 radical (unpaired) electrons. The molecule has 0 aromatic heterocycles. The fourth-order valence-electron chi connectivity index (χ4n) is 0.960. The molecule has 0 spiro atoms. The van der Waals surface area contributed by atoms with Crippen LogP contribution in [0.15, 0.2) is 0 Å². The highest BCUT2D eigenvalue weighted by Crippen LogP contribution is 2.17. The first-order valence-electron chi connectivity index (χ1n) is 3.93. The molecule has 59 valence electrons. The van der Waals surface area contributed by atoms with E-state index in [1.165, 1.54) is 0 Å². The molecule has 0 saturated carbocycles. The average molecular weight is 143 g/mol. The van der Waals surface area contributed by atoms with Gasteiger partial charge in [-0.05, 0) is 19.8 Å². The standard InChI is InChI=1S/C8H15O2/c1-3-5-9-7(2)8-4-6-10-8/h5,7-8H,3-4,6H2,1-2H3. The van der Waals surface area contributed by atoms with Crippen molar-refractivity contribution >= 4 is 0 Å². The third-order valence-electron chi connectivity index (χ3n) is 1.74. The molecule has 0 aromatic rings. The lowest BCUT2D eigenvalue weighted by Crippen LogP contribution is -2.37. The Morgan fingerprint density at radius 1 is 1.80 bits per heavy atom. The Bertz CT molecular complexity index is 89.3. The fourth-order valence-corrected chi connectivity index (χ4v) is 0.960. The van der Waals surface area contributed by atoms with Crippen molar-refractivity contribution in [1.82, 2.24) is 0 Å². The maximum Gasteiger partial charge on any atom is 0.0856 e. The molecular formula is C8H15O2. The van der Waals surface area contributed by atoms with Gasteiger partial charge < -0.3 is 9.47 Å². The lowest BCUT2D eigenvalue weighted by Gasteiger charge is -2.31. The van der Waals surface area contributed by atoms with Crippen molar-refractivity contribution in [2.45, 2.75) is 38.9 Å². The zero-order chi connectivity index (χ0) is 7.40. The fraction of sp³-hybridized carbons (Fsp3) is 0.875. The van der Waals surface area contributed by atoms with Crippen LogP contribution in [-0.4, -0.2) is 18.8 Å². The molecule has 1 fully saturated rings. The van der Waals surface area contributed by atoms with E-state index < -0.39 is 0 Å². The molecule has 1 rings (SSSR count).